The molecule has 11 heteroatoms. The number of thiazole rings is 1. The summed E-state index contributed by atoms with van der Waals surface area (Å²) in [5.74, 6) is -1.87. The van der Waals surface area contributed by atoms with Gasteiger partial charge in [-0.25, -0.2) is 22.2 Å². The number of fused-ring (bicyclic) bond motifs is 1. The van der Waals surface area contributed by atoms with Gasteiger partial charge in [0.05, 0.1) is 15.3 Å². The number of benzene rings is 2. The molecule has 0 saturated carbocycles. The van der Waals surface area contributed by atoms with Crippen LogP contribution in [-0.2, 0) is 14.6 Å². The van der Waals surface area contributed by atoms with Gasteiger partial charge in [0, 0.05) is 43.7 Å². The first-order valence-corrected chi connectivity index (χ1v) is 12.3. The summed E-state index contributed by atoms with van der Waals surface area (Å²) in [6.45, 7) is 1.73. The Morgan fingerprint density at radius 1 is 1.10 bits per heavy atom. The van der Waals surface area contributed by atoms with Crippen LogP contribution in [0.15, 0.2) is 41.3 Å². The van der Waals surface area contributed by atoms with Crippen molar-refractivity contribution in [2.45, 2.75) is 11.3 Å². The smallest absolute Gasteiger partial charge is 0.223 e. The van der Waals surface area contributed by atoms with Crippen LogP contribution in [-0.4, -0.2) is 56.1 Å². The number of hydrogen-bond acceptors (Lipinski definition) is 6. The number of hydrogen-bond donors (Lipinski definition) is 0. The minimum atomic E-state index is -3.58. The van der Waals surface area contributed by atoms with Crippen LogP contribution in [0.4, 0.5) is 13.9 Å². The molecule has 3 aromatic rings. The predicted molar refractivity (Wildman–Crippen MR) is 116 cm³/mol. The third-order valence-corrected chi connectivity index (χ3v) is 8.11. The van der Waals surface area contributed by atoms with E-state index in [-0.39, 0.29) is 28.5 Å². The summed E-state index contributed by atoms with van der Waals surface area (Å²) in [5, 5.41) is 1.01. The lowest BCUT2D eigenvalue weighted by atomic mass is 10.3. The molecule has 2 aromatic carbocycles. The van der Waals surface area contributed by atoms with Gasteiger partial charge in [-0.2, -0.15) is 0 Å². The Labute approximate surface area is 187 Å². The lowest BCUT2D eigenvalue weighted by molar-refractivity contribution is -0.131. The molecule has 0 N–H and O–H groups in total. The van der Waals surface area contributed by atoms with Gasteiger partial charge in [-0.1, -0.05) is 22.9 Å². The molecule has 1 saturated heterocycles. The average Bonchev–Trinajstić information content (AvgIpc) is 3.17. The van der Waals surface area contributed by atoms with E-state index in [4.69, 9.17) is 11.6 Å². The summed E-state index contributed by atoms with van der Waals surface area (Å²) < 4.78 is 52.6. The van der Waals surface area contributed by atoms with Crippen molar-refractivity contribution in [3.8, 4) is 0 Å². The fraction of sp³-hybridized carbons (Fsp3) is 0.300. The Kier molecular flexibility index (Phi) is 6.14. The number of aromatic nitrogens is 1. The second kappa shape index (κ2) is 8.68. The lowest BCUT2D eigenvalue weighted by Gasteiger charge is -2.34. The summed E-state index contributed by atoms with van der Waals surface area (Å²) in [4.78, 5) is 20.4. The van der Waals surface area contributed by atoms with Crippen molar-refractivity contribution in [2.75, 3.05) is 36.8 Å². The van der Waals surface area contributed by atoms with Crippen molar-refractivity contribution >= 4 is 54.0 Å². The molecule has 1 aromatic heterocycles. The molecule has 1 amide bonds. The number of nitrogens with zero attached hydrogens (tertiary/aromatic N) is 3. The highest BCUT2D eigenvalue weighted by Gasteiger charge is 2.25. The van der Waals surface area contributed by atoms with E-state index in [1.807, 2.05) is 4.90 Å². The van der Waals surface area contributed by atoms with Gasteiger partial charge in [-0.15, -0.1) is 0 Å². The van der Waals surface area contributed by atoms with Gasteiger partial charge in [0.25, 0.3) is 0 Å². The maximum atomic E-state index is 13.9. The van der Waals surface area contributed by atoms with E-state index in [0.717, 1.165) is 6.07 Å². The first kappa shape index (κ1) is 21.9. The number of sulfone groups is 1. The highest BCUT2D eigenvalue weighted by molar-refractivity contribution is 7.91. The number of carbonyl (C=O) groups is 1. The molecule has 6 nitrogen and oxygen atoms in total. The summed E-state index contributed by atoms with van der Waals surface area (Å²) in [7, 11) is -3.58. The Morgan fingerprint density at radius 3 is 2.45 bits per heavy atom. The molecule has 0 aliphatic carbocycles. The van der Waals surface area contributed by atoms with Gasteiger partial charge >= 0.3 is 0 Å². The van der Waals surface area contributed by atoms with Crippen LogP contribution in [0, 0.1) is 11.6 Å². The molecule has 0 bridgehead atoms. The SMILES string of the molecule is O=C(CCS(=O)(=O)c1ccc(Cl)cc1)N1CCN(c2nc3c(F)cc(F)cc3s2)CC1. The monoisotopic (exact) mass is 485 g/mol. The first-order chi connectivity index (χ1) is 14.7. The topological polar surface area (TPSA) is 70.6 Å². The summed E-state index contributed by atoms with van der Waals surface area (Å²) in [5.41, 5.74) is 0.132. The highest BCUT2D eigenvalue weighted by Crippen LogP contribution is 2.31. The Morgan fingerprint density at radius 2 is 1.77 bits per heavy atom. The molecule has 0 spiro atoms. The molecule has 0 atom stereocenters. The van der Waals surface area contributed by atoms with Crippen molar-refractivity contribution in [1.82, 2.24) is 9.88 Å². The van der Waals surface area contributed by atoms with E-state index >= 15 is 0 Å². The molecule has 4 rings (SSSR count). The zero-order valence-corrected chi connectivity index (χ0v) is 18.6. The molecule has 164 valence electrons. The zero-order chi connectivity index (χ0) is 22.2. The maximum Gasteiger partial charge on any atom is 0.223 e. The molecule has 0 unspecified atom stereocenters. The van der Waals surface area contributed by atoms with Gasteiger partial charge in [-0.3, -0.25) is 4.79 Å². The maximum absolute atomic E-state index is 13.9. The summed E-state index contributed by atoms with van der Waals surface area (Å²) in [6.07, 6.45) is -0.114. The number of piperazine rings is 1. The molecule has 1 fully saturated rings. The van der Waals surface area contributed by atoms with E-state index in [0.29, 0.717) is 41.0 Å². The Hall–Kier alpha value is -2.30. The van der Waals surface area contributed by atoms with Crippen LogP contribution in [0.3, 0.4) is 0 Å². The number of rotatable bonds is 5. The fourth-order valence-corrected chi connectivity index (χ4v) is 5.78. The van der Waals surface area contributed by atoms with E-state index in [9.17, 15) is 22.0 Å². The van der Waals surface area contributed by atoms with E-state index in [1.54, 1.807) is 4.90 Å². The number of amides is 1. The summed E-state index contributed by atoms with van der Waals surface area (Å²) in [6, 6.07) is 7.90. The fourth-order valence-electron chi connectivity index (χ4n) is 3.37. The molecular formula is C20H18ClF2N3O3S2. The van der Waals surface area contributed by atoms with E-state index in [1.165, 1.54) is 41.7 Å². The minimum absolute atomic E-state index is 0.114. The average molecular weight is 486 g/mol. The minimum Gasteiger partial charge on any atom is -0.345 e. The third kappa shape index (κ3) is 4.81. The summed E-state index contributed by atoms with van der Waals surface area (Å²) >= 11 is 6.98. The molecular weight excluding hydrogens is 468 g/mol. The van der Waals surface area contributed by atoms with Gasteiger partial charge in [0.15, 0.2) is 20.8 Å². The second-order valence-electron chi connectivity index (χ2n) is 7.12. The van der Waals surface area contributed by atoms with Crippen LogP contribution in [0.5, 0.6) is 0 Å². The van der Waals surface area contributed by atoms with Crippen LogP contribution in [0.1, 0.15) is 6.42 Å². The van der Waals surface area contributed by atoms with Crippen LogP contribution in [0.2, 0.25) is 5.02 Å². The van der Waals surface area contributed by atoms with Crippen molar-refractivity contribution in [3.63, 3.8) is 0 Å². The van der Waals surface area contributed by atoms with Crippen molar-refractivity contribution in [3.05, 3.63) is 53.1 Å². The molecule has 1 aliphatic heterocycles. The van der Waals surface area contributed by atoms with Gasteiger partial charge in [0.2, 0.25) is 5.91 Å². The zero-order valence-electron chi connectivity index (χ0n) is 16.2. The number of anilines is 1. The highest BCUT2D eigenvalue weighted by atomic mass is 35.5. The van der Waals surface area contributed by atoms with Crippen LogP contribution >= 0.6 is 22.9 Å². The van der Waals surface area contributed by atoms with Gasteiger partial charge in [-0.05, 0) is 30.3 Å². The third-order valence-electron chi connectivity index (χ3n) is 5.06. The molecule has 0 radical (unpaired) electrons. The largest absolute Gasteiger partial charge is 0.345 e. The lowest BCUT2D eigenvalue weighted by Crippen LogP contribution is -2.49. The van der Waals surface area contributed by atoms with Crippen molar-refractivity contribution in [2.24, 2.45) is 0 Å². The molecule has 2 heterocycles. The van der Waals surface area contributed by atoms with Gasteiger partial charge in [0.1, 0.15) is 11.3 Å². The van der Waals surface area contributed by atoms with Crippen LogP contribution in [0.25, 0.3) is 10.2 Å². The first-order valence-electron chi connectivity index (χ1n) is 9.49. The van der Waals surface area contributed by atoms with Crippen molar-refractivity contribution in [1.29, 1.82) is 0 Å². The standard InChI is InChI=1S/C20H18ClF2N3O3S2/c21-13-1-3-15(4-2-13)31(28,29)10-5-18(27)25-6-8-26(9-7-25)20-24-19-16(23)11-14(22)12-17(19)30-20/h1-4,11-12H,5-10H2. The van der Waals surface area contributed by atoms with E-state index in [2.05, 4.69) is 4.98 Å². The molecule has 31 heavy (non-hydrogen) atoms. The normalized spacial score (nSPS) is 14.9. The number of carbonyl (C=O) groups excluding carboxylic acids is 1. The Balaban J connectivity index is 1.35. The molecule has 1 aliphatic rings. The number of halogens is 3. The van der Waals surface area contributed by atoms with Crippen molar-refractivity contribution < 1.29 is 22.0 Å². The predicted octanol–water partition coefficient (Wildman–Crippen LogP) is 3.74. The quantitative estimate of drug-likeness (QED) is 0.550. The Bertz CT molecular complexity index is 1220. The second-order valence-corrected chi connectivity index (χ2v) is 10.7. The van der Waals surface area contributed by atoms with Crippen LogP contribution < -0.4 is 4.90 Å². The van der Waals surface area contributed by atoms with E-state index < -0.39 is 21.5 Å². The van der Waals surface area contributed by atoms with Gasteiger partial charge < -0.3 is 9.80 Å².